The minimum absolute atomic E-state index is 0.154. The number of nitrogens with zero attached hydrogens (tertiary/aromatic N) is 2. The third-order valence-electron chi connectivity index (χ3n) is 4.58. The molecule has 1 aromatic rings. The maximum atomic E-state index is 12.0. The summed E-state index contributed by atoms with van der Waals surface area (Å²) in [5.41, 5.74) is -0.260. The summed E-state index contributed by atoms with van der Waals surface area (Å²) in [6.07, 6.45) is 6.49. The molecule has 0 unspecified atom stereocenters. The Morgan fingerprint density at radius 1 is 1.50 bits per heavy atom. The number of aromatic hydroxyl groups is 1. The summed E-state index contributed by atoms with van der Waals surface area (Å²) in [6, 6.07) is 0.193. The van der Waals surface area contributed by atoms with Crippen molar-refractivity contribution >= 4 is 18.4 Å². The van der Waals surface area contributed by atoms with Gasteiger partial charge in [-0.3, -0.25) is 19.3 Å². The van der Waals surface area contributed by atoms with Crippen LogP contribution in [-0.4, -0.2) is 26.9 Å². The zero-order valence-electron chi connectivity index (χ0n) is 13.1. The van der Waals surface area contributed by atoms with E-state index in [1.807, 2.05) is 0 Å². The van der Waals surface area contributed by atoms with E-state index in [-0.39, 0.29) is 22.3 Å². The van der Waals surface area contributed by atoms with E-state index in [0.29, 0.717) is 18.4 Å². The Morgan fingerprint density at radius 3 is 2.91 bits per heavy atom. The molecule has 0 radical (unpaired) electrons. The predicted molar refractivity (Wildman–Crippen MR) is 91.3 cm³/mol. The maximum Gasteiger partial charge on any atom is 0.264 e. The van der Waals surface area contributed by atoms with Gasteiger partial charge >= 0.3 is 0 Å². The van der Waals surface area contributed by atoms with Crippen molar-refractivity contribution in [3.63, 3.8) is 0 Å². The first-order chi connectivity index (χ1) is 10.5. The Labute approximate surface area is 135 Å². The van der Waals surface area contributed by atoms with Crippen LogP contribution in [0.1, 0.15) is 38.7 Å². The Kier molecular flexibility index (Phi) is 5.34. The van der Waals surface area contributed by atoms with Gasteiger partial charge in [0.1, 0.15) is 5.56 Å². The molecule has 2 N–H and O–H groups in total. The number of hydrogen-bond acceptors (Lipinski definition) is 4. The molecule has 1 fully saturated rings. The first kappa shape index (κ1) is 16.7. The lowest BCUT2D eigenvalue weighted by molar-refractivity contribution is 0.242. The zero-order valence-corrected chi connectivity index (χ0v) is 13.9. The summed E-state index contributed by atoms with van der Waals surface area (Å²) in [5, 5.41) is 10.3. The largest absolute Gasteiger partial charge is 0.494 e. The van der Waals surface area contributed by atoms with Crippen molar-refractivity contribution in [2.45, 2.75) is 45.7 Å². The van der Waals surface area contributed by atoms with Crippen molar-refractivity contribution in [1.29, 1.82) is 0 Å². The number of hydrogen-bond donors (Lipinski definition) is 2. The summed E-state index contributed by atoms with van der Waals surface area (Å²) in [6.45, 7) is 8.39. The van der Waals surface area contributed by atoms with E-state index in [9.17, 15) is 9.90 Å². The van der Waals surface area contributed by atoms with Gasteiger partial charge in [0, 0.05) is 12.8 Å². The van der Waals surface area contributed by atoms with Gasteiger partial charge in [-0.1, -0.05) is 32.8 Å². The molecular formula is C16H23N3O2S. The second-order valence-corrected chi connectivity index (χ2v) is 6.40. The highest BCUT2D eigenvalue weighted by Crippen LogP contribution is 2.31. The Bertz CT molecular complexity index is 690. The van der Waals surface area contributed by atoms with Crippen molar-refractivity contribution in [2.75, 3.05) is 0 Å². The van der Waals surface area contributed by atoms with Gasteiger partial charge in [-0.25, -0.2) is 0 Å². The van der Waals surface area contributed by atoms with Crippen molar-refractivity contribution < 1.29 is 5.11 Å². The van der Waals surface area contributed by atoms with E-state index in [2.05, 4.69) is 30.4 Å². The molecule has 0 bridgehead atoms. The third kappa shape index (κ3) is 3.38. The van der Waals surface area contributed by atoms with Crippen LogP contribution in [0.2, 0.25) is 0 Å². The average molecular weight is 321 g/mol. The van der Waals surface area contributed by atoms with Crippen LogP contribution >= 0.6 is 12.2 Å². The Balaban J connectivity index is 2.35. The van der Waals surface area contributed by atoms with E-state index < -0.39 is 5.56 Å². The lowest BCUT2D eigenvalue weighted by Crippen LogP contribution is -2.28. The van der Waals surface area contributed by atoms with E-state index in [1.165, 1.54) is 17.2 Å². The summed E-state index contributed by atoms with van der Waals surface area (Å²) < 4.78 is 1.61. The highest BCUT2D eigenvalue weighted by molar-refractivity contribution is 7.71. The number of allylic oxidation sites excluding steroid dienone is 1. The molecule has 120 valence electrons. The average Bonchev–Trinajstić information content (AvgIpc) is 2.47. The maximum absolute atomic E-state index is 12.0. The molecule has 1 aromatic heterocycles. The van der Waals surface area contributed by atoms with Crippen molar-refractivity contribution in [1.82, 2.24) is 9.55 Å². The monoisotopic (exact) mass is 321 g/mol. The lowest BCUT2D eigenvalue weighted by atomic mass is 9.78. The van der Waals surface area contributed by atoms with Gasteiger partial charge in [0.05, 0.1) is 6.04 Å². The quantitative estimate of drug-likeness (QED) is 0.509. The predicted octanol–water partition coefficient (Wildman–Crippen LogP) is 3.04. The Morgan fingerprint density at radius 2 is 2.23 bits per heavy atom. The molecule has 1 heterocycles. The van der Waals surface area contributed by atoms with Crippen molar-refractivity contribution in [2.24, 2.45) is 16.8 Å². The summed E-state index contributed by atoms with van der Waals surface area (Å²) in [7, 11) is 0. The first-order valence-corrected chi connectivity index (χ1v) is 8.06. The van der Waals surface area contributed by atoms with Crippen molar-refractivity contribution in [3.8, 4) is 5.88 Å². The molecule has 0 aromatic carbocycles. The van der Waals surface area contributed by atoms with Gasteiger partial charge in [-0.15, -0.1) is 6.58 Å². The smallest absolute Gasteiger partial charge is 0.264 e. The van der Waals surface area contributed by atoms with Crippen LogP contribution in [0.3, 0.4) is 0 Å². The van der Waals surface area contributed by atoms with Gasteiger partial charge in [-0.2, -0.15) is 0 Å². The second-order valence-electron chi connectivity index (χ2n) is 6.01. The van der Waals surface area contributed by atoms with Gasteiger partial charge in [0.2, 0.25) is 5.88 Å². The van der Waals surface area contributed by atoms with Gasteiger partial charge in [-0.05, 0) is 30.5 Å². The molecule has 6 heteroatoms. The fourth-order valence-corrected chi connectivity index (χ4v) is 3.18. The second kappa shape index (κ2) is 7.05. The van der Waals surface area contributed by atoms with Crippen molar-refractivity contribution in [3.05, 3.63) is 33.3 Å². The van der Waals surface area contributed by atoms with Crippen LogP contribution in [0.5, 0.6) is 5.88 Å². The van der Waals surface area contributed by atoms with E-state index >= 15 is 0 Å². The normalized spacial score (nSPS) is 25.5. The van der Waals surface area contributed by atoms with Crippen LogP contribution in [0.25, 0.3) is 0 Å². The molecule has 1 saturated carbocycles. The Hall–Kier alpha value is -1.69. The molecule has 0 aliphatic heterocycles. The summed E-state index contributed by atoms with van der Waals surface area (Å²) in [5.74, 6) is 0.946. The van der Waals surface area contributed by atoms with Gasteiger partial charge in [0.25, 0.3) is 5.56 Å². The number of rotatable bonds is 4. The molecule has 0 spiro atoms. The minimum atomic E-state index is -0.414. The summed E-state index contributed by atoms with van der Waals surface area (Å²) in [4.78, 5) is 19.1. The van der Waals surface area contributed by atoms with E-state index in [4.69, 9.17) is 12.2 Å². The summed E-state index contributed by atoms with van der Waals surface area (Å²) >= 11 is 5.05. The molecule has 22 heavy (non-hydrogen) atoms. The van der Waals surface area contributed by atoms with Crippen LogP contribution in [0.4, 0.5) is 0 Å². The molecule has 2 rings (SSSR count). The number of H-pyrrole nitrogens is 1. The molecule has 3 atom stereocenters. The first-order valence-electron chi connectivity index (χ1n) is 7.65. The molecule has 1 aliphatic carbocycles. The van der Waals surface area contributed by atoms with E-state index in [1.54, 1.807) is 6.08 Å². The molecule has 1 aliphatic rings. The highest BCUT2D eigenvalue weighted by atomic mass is 32.1. The zero-order chi connectivity index (χ0) is 16.3. The van der Waals surface area contributed by atoms with Crippen LogP contribution in [0, 0.1) is 16.6 Å². The number of aromatic nitrogens is 2. The highest BCUT2D eigenvalue weighted by Gasteiger charge is 2.26. The fraction of sp³-hybridized carbons (Fsp3) is 0.562. The number of aliphatic imine (C=N–C) groups is 1. The SMILES string of the molecule is C=CCn1c(O)c(C=N[C@@H]2CCC[C@@H](C)[C@@H]2C)c(=O)[nH]c1=S. The van der Waals surface area contributed by atoms with Crippen LogP contribution in [0.15, 0.2) is 22.4 Å². The fourth-order valence-electron chi connectivity index (χ4n) is 2.92. The number of aromatic amines is 1. The molecule has 0 saturated heterocycles. The molecule has 5 nitrogen and oxygen atoms in total. The standard InChI is InChI=1S/C16H23N3O2S/c1-4-8-19-15(21)12(14(20)18-16(19)22)9-17-13-7-5-6-10(2)11(13)3/h4,9-11,13,21H,1,5-8H2,2-3H3,(H,18,20,22)/t10-,11+,13-/m1/s1. The molecular weight excluding hydrogens is 298 g/mol. The van der Waals surface area contributed by atoms with Crippen LogP contribution in [-0.2, 0) is 6.54 Å². The van der Waals surface area contributed by atoms with E-state index in [0.717, 1.165) is 12.8 Å². The number of nitrogens with one attached hydrogen (secondary N) is 1. The topological polar surface area (TPSA) is 70.4 Å². The lowest BCUT2D eigenvalue weighted by Gasteiger charge is -2.31. The van der Waals surface area contributed by atoms with Gasteiger partial charge in [0.15, 0.2) is 4.77 Å². The van der Waals surface area contributed by atoms with Gasteiger partial charge < -0.3 is 5.11 Å². The molecule has 0 amide bonds. The minimum Gasteiger partial charge on any atom is -0.494 e. The van der Waals surface area contributed by atoms with Crippen LogP contribution < -0.4 is 5.56 Å². The third-order valence-corrected chi connectivity index (χ3v) is 4.90.